The molecule has 0 aromatic heterocycles. The lowest BCUT2D eigenvalue weighted by atomic mass is 10.1. The summed E-state index contributed by atoms with van der Waals surface area (Å²) in [6, 6.07) is 13.1. The smallest absolute Gasteiger partial charge is 0.133 e. The van der Waals surface area contributed by atoms with Crippen molar-refractivity contribution in [3.63, 3.8) is 0 Å². The van der Waals surface area contributed by atoms with E-state index in [1.54, 1.807) is 12.1 Å². The molecule has 0 aliphatic rings. The predicted octanol–water partition coefficient (Wildman–Crippen LogP) is 3.40. The highest BCUT2D eigenvalue weighted by Gasteiger charge is 2.08. The molecule has 104 valence electrons. The molecule has 0 unspecified atom stereocenters. The first-order valence-corrected chi connectivity index (χ1v) is 6.74. The summed E-state index contributed by atoms with van der Waals surface area (Å²) in [4.78, 5) is 2.18. The molecule has 2 rings (SSSR count). The van der Waals surface area contributed by atoms with Crippen LogP contribution in [0.1, 0.15) is 16.7 Å². The fourth-order valence-electron chi connectivity index (χ4n) is 2.02. The molecule has 20 heavy (non-hydrogen) atoms. The molecule has 0 atom stereocenters. The Kier molecular flexibility index (Phi) is 4.35. The number of hydrogen-bond donors (Lipinski definition) is 1. The van der Waals surface area contributed by atoms with Crippen molar-refractivity contribution in [1.82, 2.24) is 0 Å². The Labute approximate surface area is 124 Å². The number of benzene rings is 2. The van der Waals surface area contributed by atoms with E-state index in [4.69, 9.17) is 18.0 Å². The first kappa shape index (κ1) is 14.5. The van der Waals surface area contributed by atoms with E-state index in [-0.39, 0.29) is 10.8 Å². The molecular weight excluding hydrogens is 271 g/mol. The maximum Gasteiger partial charge on any atom is 0.133 e. The molecule has 0 spiro atoms. The fourth-order valence-corrected chi connectivity index (χ4v) is 2.18. The van der Waals surface area contributed by atoms with Gasteiger partial charge in [0.1, 0.15) is 10.8 Å². The number of halogens is 1. The molecule has 0 fully saturated rings. The molecule has 2 N–H and O–H groups in total. The van der Waals surface area contributed by atoms with Gasteiger partial charge < -0.3 is 10.6 Å². The van der Waals surface area contributed by atoms with Gasteiger partial charge in [0.2, 0.25) is 0 Å². The number of nitrogens with zero attached hydrogens (tertiary/aromatic N) is 1. The van der Waals surface area contributed by atoms with Gasteiger partial charge in [-0.3, -0.25) is 0 Å². The van der Waals surface area contributed by atoms with E-state index >= 15 is 0 Å². The zero-order valence-corrected chi connectivity index (χ0v) is 12.4. The van der Waals surface area contributed by atoms with Crippen LogP contribution in [0.15, 0.2) is 42.5 Å². The van der Waals surface area contributed by atoms with Crippen molar-refractivity contribution in [1.29, 1.82) is 0 Å². The highest BCUT2D eigenvalue weighted by atomic mass is 32.1. The molecule has 0 bridgehead atoms. The summed E-state index contributed by atoms with van der Waals surface area (Å²) in [5.74, 6) is -0.376. The summed E-state index contributed by atoms with van der Waals surface area (Å²) < 4.78 is 13.5. The average Bonchev–Trinajstić information content (AvgIpc) is 2.41. The second-order valence-corrected chi connectivity index (χ2v) is 5.31. The molecule has 2 aromatic carbocycles. The van der Waals surface area contributed by atoms with Crippen molar-refractivity contribution in [2.75, 3.05) is 11.9 Å². The molecule has 0 amide bonds. The Morgan fingerprint density at radius 3 is 2.45 bits per heavy atom. The lowest BCUT2D eigenvalue weighted by Crippen LogP contribution is -2.18. The van der Waals surface area contributed by atoms with Crippen LogP contribution in [0.2, 0.25) is 0 Å². The van der Waals surface area contributed by atoms with Gasteiger partial charge in [-0.2, -0.15) is 0 Å². The van der Waals surface area contributed by atoms with Gasteiger partial charge in [-0.1, -0.05) is 36.0 Å². The Morgan fingerprint density at radius 2 is 1.85 bits per heavy atom. The third kappa shape index (κ3) is 3.33. The molecule has 2 nitrogen and oxygen atoms in total. The van der Waals surface area contributed by atoms with Crippen molar-refractivity contribution < 1.29 is 4.39 Å². The zero-order chi connectivity index (χ0) is 14.7. The summed E-state index contributed by atoms with van der Waals surface area (Å²) in [6.07, 6.45) is 0. The maximum absolute atomic E-state index is 13.5. The van der Waals surface area contributed by atoms with Crippen LogP contribution in [0.5, 0.6) is 0 Å². The molecule has 4 heteroatoms. The lowest BCUT2D eigenvalue weighted by molar-refractivity contribution is 0.624. The van der Waals surface area contributed by atoms with Crippen molar-refractivity contribution in [3.05, 3.63) is 65.0 Å². The molecule has 0 saturated heterocycles. The normalized spacial score (nSPS) is 10.3. The van der Waals surface area contributed by atoms with Gasteiger partial charge >= 0.3 is 0 Å². The number of thiocarbonyl (C=S) groups is 1. The Hall–Kier alpha value is -1.94. The van der Waals surface area contributed by atoms with Crippen molar-refractivity contribution >= 4 is 22.9 Å². The first-order chi connectivity index (χ1) is 9.47. The number of aryl methyl sites for hydroxylation is 1. The highest BCUT2D eigenvalue weighted by molar-refractivity contribution is 7.80. The molecule has 0 radical (unpaired) electrons. The highest BCUT2D eigenvalue weighted by Crippen LogP contribution is 2.18. The van der Waals surface area contributed by atoms with E-state index in [1.807, 2.05) is 7.05 Å². The minimum Gasteiger partial charge on any atom is -0.389 e. The quantitative estimate of drug-likeness (QED) is 0.874. The lowest BCUT2D eigenvalue weighted by Gasteiger charge is -2.20. The van der Waals surface area contributed by atoms with Crippen LogP contribution < -0.4 is 10.6 Å². The molecule has 0 aliphatic heterocycles. The van der Waals surface area contributed by atoms with Gasteiger partial charge in [0.15, 0.2) is 0 Å². The van der Waals surface area contributed by atoms with Crippen molar-refractivity contribution in [2.24, 2.45) is 5.73 Å². The minimum absolute atomic E-state index is 0.0855. The summed E-state index contributed by atoms with van der Waals surface area (Å²) in [6.45, 7) is 2.72. The number of hydrogen-bond acceptors (Lipinski definition) is 2. The van der Waals surface area contributed by atoms with Crippen LogP contribution in [0.25, 0.3) is 0 Å². The van der Waals surface area contributed by atoms with Crippen LogP contribution in [0.4, 0.5) is 10.1 Å². The summed E-state index contributed by atoms with van der Waals surface area (Å²) in [7, 11) is 1.99. The third-order valence-electron chi connectivity index (χ3n) is 3.19. The van der Waals surface area contributed by atoms with Crippen molar-refractivity contribution in [2.45, 2.75) is 13.5 Å². The Morgan fingerprint density at radius 1 is 1.20 bits per heavy atom. The number of nitrogens with two attached hydrogens (primary N) is 1. The molecular formula is C16H17FN2S. The van der Waals surface area contributed by atoms with Crippen molar-refractivity contribution in [3.8, 4) is 0 Å². The van der Waals surface area contributed by atoms with E-state index in [2.05, 4.69) is 36.1 Å². The van der Waals surface area contributed by atoms with Gasteiger partial charge in [0.05, 0.1) is 0 Å². The number of anilines is 1. The minimum atomic E-state index is -0.376. The second-order valence-electron chi connectivity index (χ2n) is 4.87. The van der Waals surface area contributed by atoms with Crippen LogP contribution in [0.3, 0.4) is 0 Å². The largest absolute Gasteiger partial charge is 0.389 e. The van der Waals surface area contributed by atoms with E-state index < -0.39 is 0 Å². The average molecular weight is 288 g/mol. The van der Waals surface area contributed by atoms with Gasteiger partial charge in [0, 0.05) is 24.8 Å². The molecule has 0 heterocycles. The topological polar surface area (TPSA) is 29.3 Å². The standard InChI is InChI=1S/C16H17FN2S/c1-11-3-6-13(7-4-11)19(2)10-12-5-8-15(17)14(9-12)16(18)20/h3-9H,10H2,1-2H3,(H2,18,20). The third-order valence-corrected chi connectivity index (χ3v) is 3.41. The van der Waals surface area contributed by atoms with E-state index in [0.29, 0.717) is 12.1 Å². The van der Waals surface area contributed by atoms with Crippen LogP contribution >= 0.6 is 12.2 Å². The van der Waals surface area contributed by atoms with Gasteiger partial charge in [-0.25, -0.2) is 4.39 Å². The van der Waals surface area contributed by atoms with E-state index in [0.717, 1.165) is 11.3 Å². The predicted molar refractivity (Wildman–Crippen MR) is 85.6 cm³/mol. The summed E-state index contributed by atoms with van der Waals surface area (Å²) in [5.41, 5.74) is 9.12. The number of rotatable bonds is 4. The van der Waals surface area contributed by atoms with Crippen LogP contribution in [0, 0.1) is 12.7 Å². The monoisotopic (exact) mass is 288 g/mol. The van der Waals surface area contributed by atoms with Crippen LogP contribution in [-0.2, 0) is 6.54 Å². The Bertz CT molecular complexity index is 623. The second kappa shape index (κ2) is 6.01. The fraction of sp³-hybridized carbons (Fsp3) is 0.188. The SMILES string of the molecule is Cc1ccc(N(C)Cc2ccc(F)c(C(N)=S)c2)cc1. The first-order valence-electron chi connectivity index (χ1n) is 6.33. The Balaban J connectivity index is 2.19. The molecule has 0 aliphatic carbocycles. The van der Waals surface area contributed by atoms with Gasteiger partial charge in [-0.15, -0.1) is 0 Å². The van der Waals surface area contributed by atoms with Gasteiger partial charge in [0.25, 0.3) is 0 Å². The summed E-state index contributed by atoms with van der Waals surface area (Å²) in [5, 5.41) is 0. The van der Waals surface area contributed by atoms with E-state index in [1.165, 1.54) is 11.6 Å². The molecule has 0 saturated carbocycles. The summed E-state index contributed by atoms with van der Waals surface area (Å²) >= 11 is 4.85. The maximum atomic E-state index is 13.5. The molecule has 2 aromatic rings. The van der Waals surface area contributed by atoms with Crippen LogP contribution in [-0.4, -0.2) is 12.0 Å². The zero-order valence-electron chi connectivity index (χ0n) is 11.6. The van der Waals surface area contributed by atoms with Gasteiger partial charge in [-0.05, 0) is 36.8 Å². The van der Waals surface area contributed by atoms with E-state index in [9.17, 15) is 4.39 Å².